The summed E-state index contributed by atoms with van der Waals surface area (Å²) >= 11 is 1.62. The summed E-state index contributed by atoms with van der Waals surface area (Å²) in [5.74, 6) is 0.834. The molecule has 2 aromatic rings. The zero-order valence-corrected chi connectivity index (χ0v) is 9.63. The predicted octanol–water partition coefficient (Wildman–Crippen LogP) is 2.02. The molecule has 5 heteroatoms. The zero-order valence-electron chi connectivity index (χ0n) is 8.81. The minimum Gasteiger partial charge on any atom is -0.388 e. The van der Waals surface area contributed by atoms with Gasteiger partial charge in [-0.2, -0.15) is 0 Å². The molecule has 2 N–H and O–H groups in total. The Morgan fingerprint density at radius 3 is 3.06 bits per heavy atom. The summed E-state index contributed by atoms with van der Waals surface area (Å²) < 4.78 is 1.06. The molecule has 1 aliphatic carbocycles. The number of thiophene rings is 1. The maximum absolute atomic E-state index is 9.99. The summed E-state index contributed by atoms with van der Waals surface area (Å²) in [7, 11) is 0. The van der Waals surface area contributed by atoms with Gasteiger partial charge in [0.25, 0.3) is 0 Å². The van der Waals surface area contributed by atoms with Crippen LogP contribution < -0.4 is 5.32 Å². The van der Waals surface area contributed by atoms with Crippen molar-refractivity contribution in [3.8, 4) is 0 Å². The van der Waals surface area contributed by atoms with Crippen molar-refractivity contribution < 1.29 is 5.11 Å². The van der Waals surface area contributed by atoms with Crippen molar-refractivity contribution >= 4 is 27.4 Å². The zero-order chi connectivity index (χ0) is 11.0. The molecule has 0 atom stereocenters. The summed E-state index contributed by atoms with van der Waals surface area (Å²) in [4.78, 5) is 8.39. The molecule has 0 aliphatic heterocycles. The molecule has 0 bridgehead atoms. The van der Waals surface area contributed by atoms with E-state index in [-0.39, 0.29) is 0 Å². The van der Waals surface area contributed by atoms with Gasteiger partial charge >= 0.3 is 0 Å². The Balaban J connectivity index is 1.81. The number of hydrogen-bond donors (Lipinski definition) is 2. The predicted molar refractivity (Wildman–Crippen MR) is 64.7 cm³/mol. The number of anilines is 1. The van der Waals surface area contributed by atoms with Gasteiger partial charge in [-0.1, -0.05) is 0 Å². The Morgan fingerprint density at radius 2 is 2.31 bits per heavy atom. The van der Waals surface area contributed by atoms with Crippen molar-refractivity contribution in [2.75, 3.05) is 11.9 Å². The molecule has 0 radical (unpaired) electrons. The van der Waals surface area contributed by atoms with Crippen LogP contribution >= 0.6 is 11.3 Å². The molecule has 4 nitrogen and oxygen atoms in total. The first-order chi connectivity index (χ1) is 7.77. The monoisotopic (exact) mass is 235 g/mol. The molecule has 0 unspecified atom stereocenters. The van der Waals surface area contributed by atoms with Crippen LogP contribution in [0.3, 0.4) is 0 Å². The largest absolute Gasteiger partial charge is 0.388 e. The number of aromatic nitrogens is 2. The Bertz CT molecular complexity index is 507. The Morgan fingerprint density at radius 1 is 1.44 bits per heavy atom. The third-order valence-corrected chi connectivity index (χ3v) is 4.02. The van der Waals surface area contributed by atoms with Gasteiger partial charge in [0.15, 0.2) is 0 Å². The van der Waals surface area contributed by atoms with Crippen molar-refractivity contribution in [3.63, 3.8) is 0 Å². The van der Waals surface area contributed by atoms with E-state index in [1.807, 2.05) is 11.4 Å². The molecule has 0 spiro atoms. The third-order valence-electron chi connectivity index (χ3n) is 3.11. The Labute approximate surface area is 97.4 Å². The fourth-order valence-electron chi connectivity index (χ4n) is 1.92. The highest BCUT2D eigenvalue weighted by Crippen LogP contribution is 2.32. The second kappa shape index (κ2) is 3.68. The highest BCUT2D eigenvalue weighted by atomic mass is 32.1. The van der Waals surface area contributed by atoms with E-state index < -0.39 is 5.60 Å². The molecule has 2 aromatic heterocycles. The molecule has 2 heterocycles. The van der Waals surface area contributed by atoms with Crippen LogP contribution in [0.2, 0.25) is 0 Å². The quantitative estimate of drug-likeness (QED) is 0.854. The Hall–Kier alpha value is -1.20. The second-order valence-corrected chi connectivity index (χ2v) is 5.20. The normalized spacial score (nSPS) is 18.3. The van der Waals surface area contributed by atoms with Crippen molar-refractivity contribution in [3.05, 3.63) is 17.8 Å². The topological polar surface area (TPSA) is 58.0 Å². The third kappa shape index (κ3) is 1.66. The number of hydrogen-bond acceptors (Lipinski definition) is 5. The van der Waals surface area contributed by atoms with E-state index in [0.29, 0.717) is 6.54 Å². The lowest BCUT2D eigenvalue weighted by Crippen LogP contribution is -2.43. The van der Waals surface area contributed by atoms with Gasteiger partial charge in [0.1, 0.15) is 12.1 Å². The van der Waals surface area contributed by atoms with Crippen molar-refractivity contribution in [1.29, 1.82) is 0 Å². The van der Waals surface area contributed by atoms with Crippen LogP contribution in [0.5, 0.6) is 0 Å². The molecule has 1 saturated carbocycles. The smallest absolute Gasteiger partial charge is 0.147 e. The van der Waals surface area contributed by atoms with Gasteiger partial charge in [0, 0.05) is 6.54 Å². The molecule has 0 aromatic carbocycles. The molecule has 84 valence electrons. The van der Waals surface area contributed by atoms with Crippen molar-refractivity contribution in [2.24, 2.45) is 0 Å². The highest BCUT2D eigenvalue weighted by Gasteiger charge is 2.34. The van der Waals surface area contributed by atoms with Crippen LogP contribution in [0.1, 0.15) is 19.3 Å². The van der Waals surface area contributed by atoms with Gasteiger partial charge in [0.2, 0.25) is 0 Å². The van der Waals surface area contributed by atoms with Gasteiger partial charge < -0.3 is 10.4 Å². The number of rotatable bonds is 3. The van der Waals surface area contributed by atoms with E-state index >= 15 is 0 Å². The van der Waals surface area contributed by atoms with Gasteiger partial charge in [-0.15, -0.1) is 11.3 Å². The summed E-state index contributed by atoms with van der Waals surface area (Å²) in [5, 5.41) is 15.2. The van der Waals surface area contributed by atoms with E-state index in [2.05, 4.69) is 15.3 Å². The van der Waals surface area contributed by atoms with E-state index in [0.717, 1.165) is 35.3 Å². The van der Waals surface area contributed by atoms with Crippen LogP contribution in [-0.2, 0) is 0 Å². The highest BCUT2D eigenvalue weighted by molar-refractivity contribution is 7.17. The fourth-order valence-corrected chi connectivity index (χ4v) is 2.74. The maximum Gasteiger partial charge on any atom is 0.147 e. The first-order valence-electron chi connectivity index (χ1n) is 5.41. The first kappa shape index (κ1) is 9.99. The number of nitrogens with zero attached hydrogens (tertiary/aromatic N) is 2. The SMILES string of the molecule is OC1(CNc2ncnc3ccsc23)CCC1. The molecule has 1 fully saturated rings. The van der Waals surface area contributed by atoms with Crippen LogP contribution in [-0.4, -0.2) is 27.2 Å². The lowest BCUT2D eigenvalue weighted by atomic mass is 9.80. The summed E-state index contributed by atoms with van der Waals surface area (Å²) in [6, 6.07) is 1.98. The summed E-state index contributed by atoms with van der Waals surface area (Å²) in [5.41, 5.74) is 0.442. The number of fused-ring (bicyclic) bond motifs is 1. The molecule has 0 amide bonds. The fraction of sp³-hybridized carbons (Fsp3) is 0.455. The van der Waals surface area contributed by atoms with Crippen LogP contribution in [0.25, 0.3) is 10.2 Å². The minimum absolute atomic E-state index is 0.519. The summed E-state index contributed by atoms with van der Waals surface area (Å²) in [6.45, 7) is 0.580. The van der Waals surface area contributed by atoms with Crippen LogP contribution in [0, 0.1) is 0 Å². The first-order valence-corrected chi connectivity index (χ1v) is 6.29. The standard InChI is InChI=1S/C11H13N3OS/c15-11(3-1-4-11)6-12-10-9-8(2-5-16-9)13-7-14-10/h2,5,7,15H,1,3-4,6H2,(H,12,13,14). The average molecular weight is 235 g/mol. The number of aliphatic hydroxyl groups is 1. The lowest BCUT2D eigenvalue weighted by molar-refractivity contribution is -0.0202. The lowest BCUT2D eigenvalue weighted by Gasteiger charge is -2.36. The molecular formula is C11H13N3OS. The molecule has 16 heavy (non-hydrogen) atoms. The minimum atomic E-state index is -0.519. The second-order valence-electron chi connectivity index (χ2n) is 4.29. The van der Waals surface area contributed by atoms with Crippen LogP contribution in [0.15, 0.2) is 17.8 Å². The van der Waals surface area contributed by atoms with Gasteiger partial charge in [-0.05, 0) is 30.7 Å². The van der Waals surface area contributed by atoms with Crippen molar-refractivity contribution in [1.82, 2.24) is 9.97 Å². The van der Waals surface area contributed by atoms with Crippen LogP contribution in [0.4, 0.5) is 5.82 Å². The van der Waals surface area contributed by atoms with Crippen molar-refractivity contribution in [2.45, 2.75) is 24.9 Å². The molecule has 3 rings (SSSR count). The van der Waals surface area contributed by atoms with E-state index in [9.17, 15) is 5.11 Å². The Kier molecular flexibility index (Phi) is 2.29. The number of nitrogens with one attached hydrogen (secondary N) is 1. The van der Waals surface area contributed by atoms with Gasteiger partial charge in [-0.3, -0.25) is 0 Å². The van der Waals surface area contributed by atoms with E-state index in [1.54, 1.807) is 17.7 Å². The van der Waals surface area contributed by atoms with E-state index in [1.165, 1.54) is 0 Å². The maximum atomic E-state index is 9.99. The average Bonchev–Trinajstić information content (AvgIpc) is 2.72. The molecular weight excluding hydrogens is 222 g/mol. The molecule has 1 aliphatic rings. The summed E-state index contributed by atoms with van der Waals surface area (Å²) in [6.07, 6.45) is 4.45. The molecule has 0 saturated heterocycles. The van der Waals surface area contributed by atoms with E-state index in [4.69, 9.17) is 0 Å². The van der Waals surface area contributed by atoms with Gasteiger partial charge in [-0.25, -0.2) is 9.97 Å². The van der Waals surface area contributed by atoms with Gasteiger partial charge in [0.05, 0.1) is 15.8 Å².